The first-order valence-corrected chi connectivity index (χ1v) is 8.09. The van der Waals surface area contributed by atoms with Crippen molar-refractivity contribution in [2.24, 2.45) is 5.41 Å². The van der Waals surface area contributed by atoms with Crippen molar-refractivity contribution in [3.8, 4) is 0 Å². The number of likely N-dealkylation sites (tertiary alicyclic amines) is 1. The molecule has 0 saturated carbocycles. The Bertz CT molecular complexity index is 456. The van der Waals surface area contributed by atoms with Crippen molar-refractivity contribution in [2.45, 2.75) is 24.4 Å². The maximum atomic E-state index is 12.3. The number of hydrogen-bond donors (Lipinski definition) is 1. The monoisotopic (exact) mass is 280 g/mol. The van der Waals surface area contributed by atoms with Crippen LogP contribution in [-0.2, 0) is 0 Å². The van der Waals surface area contributed by atoms with E-state index < -0.39 is 0 Å². The molecular weight excluding hydrogens is 260 g/mol. The summed E-state index contributed by atoms with van der Waals surface area (Å²) in [6, 6.07) is 3.65. The Morgan fingerprint density at radius 2 is 2.16 bits per heavy atom. The van der Waals surface area contributed by atoms with E-state index in [0.717, 1.165) is 44.1 Å². The maximum absolute atomic E-state index is 12.3. The van der Waals surface area contributed by atoms with Crippen molar-refractivity contribution >= 4 is 17.7 Å². The maximum Gasteiger partial charge on any atom is 0.289 e. The van der Waals surface area contributed by atoms with Crippen LogP contribution in [0.25, 0.3) is 0 Å². The minimum absolute atomic E-state index is 0.0427. The third-order valence-electron chi connectivity index (χ3n) is 4.44. The van der Waals surface area contributed by atoms with E-state index >= 15 is 0 Å². The lowest BCUT2D eigenvalue weighted by Gasteiger charge is -2.38. The fraction of sp³-hybridized carbons (Fsp3) is 0.643. The molecule has 0 radical (unpaired) electrons. The van der Waals surface area contributed by atoms with Crippen LogP contribution >= 0.6 is 11.8 Å². The molecule has 3 rings (SSSR count). The van der Waals surface area contributed by atoms with Crippen LogP contribution in [0.5, 0.6) is 0 Å². The number of amides is 1. The fourth-order valence-corrected chi connectivity index (χ4v) is 3.48. The molecule has 2 saturated heterocycles. The highest BCUT2D eigenvalue weighted by Gasteiger charge is 2.38. The highest BCUT2D eigenvalue weighted by atomic mass is 32.2. The van der Waals surface area contributed by atoms with E-state index in [4.69, 9.17) is 4.42 Å². The summed E-state index contributed by atoms with van der Waals surface area (Å²) in [6.07, 6.45) is 5.43. The van der Waals surface area contributed by atoms with Crippen LogP contribution in [0.4, 0.5) is 0 Å². The largest absolute Gasteiger partial charge is 0.445 e. The molecule has 1 amide bonds. The fourth-order valence-electron chi connectivity index (χ4n) is 3.11. The van der Waals surface area contributed by atoms with E-state index in [-0.39, 0.29) is 5.91 Å². The zero-order valence-corrected chi connectivity index (χ0v) is 12.1. The molecule has 0 bridgehead atoms. The van der Waals surface area contributed by atoms with Crippen molar-refractivity contribution in [3.05, 3.63) is 17.9 Å². The molecule has 0 atom stereocenters. The molecule has 1 aromatic rings. The van der Waals surface area contributed by atoms with Gasteiger partial charge in [0.15, 0.2) is 10.9 Å². The number of carbonyl (C=O) groups excluding carboxylic acids is 1. The molecule has 0 unspecified atom stereocenters. The van der Waals surface area contributed by atoms with E-state index in [1.54, 1.807) is 6.07 Å². The first-order valence-electron chi connectivity index (χ1n) is 6.86. The Balaban J connectivity index is 1.63. The van der Waals surface area contributed by atoms with E-state index in [1.807, 2.05) is 17.2 Å². The predicted octanol–water partition coefficient (Wildman–Crippen LogP) is 2.22. The van der Waals surface area contributed by atoms with Gasteiger partial charge in [-0.1, -0.05) is 11.8 Å². The Morgan fingerprint density at radius 1 is 1.37 bits per heavy atom. The molecule has 0 aliphatic carbocycles. The Kier molecular flexibility index (Phi) is 3.58. The predicted molar refractivity (Wildman–Crippen MR) is 75.5 cm³/mol. The molecule has 5 heteroatoms. The van der Waals surface area contributed by atoms with Crippen LogP contribution in [0, 0.1) is 5.41 Å². The molecule has 0 aromatic carbocycles. The van der Waals surface area contributed by atoms with Gasteiger partial charge in [-0.2, -0.15) is 0 Å². The number of hydrogen-bond acceptors (Lipinski definition) is 4. The Hall–Kier alpha value is -0.940. The second kappa shape index (κ2) is 5.21. The van der Waals surface area contributed by atoms with E-state index in [2.05, 4.69) is 5.32 Å². The number of nitrogens with one attached hydrogen (secondary N) is 1. The average Bonchev–Trinajstić information content (AvgIpc) is 3.08. The quantitative estimate of drug-likeness (QED) is 0.844. The lowest BCUT2D eigenvalue weighted by molar-refractivity contribution is 0.0572. The lowest BCUT2D eigenvalue weighted by Crippen LogP contribution is -2.43. The van der Waals surface area contributed by atoms with Gasteiger partial charge in [-0.3, -0.25) is 4.79 Å². The third kappa shape index (κ3) is 2.54. The van der Waals surface area contributed by atoms with Crippen LogP contribution in [0.3, 0.4) is 0 Å². The zero-order valence-electron chi connectivity index (χ0n) is 11.3. The van der Waals surface area contributed by atoms with Crippen LogP contribution < -0.4 is 5.32 Å². The first-order chi connectivity index (χ1) is 9.22. The van der Waals surface area contributed by atoms with Crippen LogP contribution in [0.1, 0.15) is 29.8 Å². The summed E-state index contributed by atoms with van der Waals surface area (Å²) < 4.78 is 5.52. The van der Waals surface area contributed by atoms with Gasteiger partial charge in [-0.25, -0.2) is 0 Å². The second-order valence-electron chi connectivity index (χ2n) is 5.54. The Morgan fingerprint density at radius 3 is 2.74 bits per heavy atom. The normalized spacial score (nSPS) is 22.1. The summed E-state index contributed by atoms with van der Waals surface area (Å²) in [5.41, 5.74) is 0.449. The van der Waals surface area contributed by atoms with Gasteiger partial charge in [0.05, 0.1) is 0 Å². The molecule has 1 N–H and O–H groups in total. The van der Waals surface area contributed by atoms with Gasteiger partial charge in [-0.05, 0) is 49.6 Å². The van der Waals surface area contributed by atoms with Crippen molar-refractivity contribution in [1.29, 1.82) is 0 Å². The second-order valence-corrected chi connectivity index (χ2v) is 6.35. The number of piperidine rings is 1. The van der Waals surface area contributed by atoms with Gasteiger partial charge >= 0.3 is 0 Å². The van der Waals surface area contributed by atoms with Crippen molar-refractivity contribution in [2.75, 3.05) is 32.4 Å². The number of furan rings is 1. The van der Waals surface area contributed by atoms with Gasteiger partial charge in [0, 0.05) is 19.6 Å². The first kappa shape index (κ1) is 13.1. The molecule has 4 nitrogen and oxygen atoms in total. The molecule has 2 aliphatic rings. The molecule has 3 heterocycles. The van der Waals surface area contributed by atoms with Gasteiger partial charge < -0.3 is 14.6 Å². The summed E-state index contributed by atoms with van der Waals surface area (Å²) in [4.78, 5) is 14.3. The smallest absolute Gasteiger partial charge is 0.289 e. The molecule has 2 aliphatic heterocycles. The molecule has 104 valence electrons. The molecular formula is C14H20N2O2S. The molecule has 1 spiro atoms. The van der Waals surface area contributed by atoms with Crippen LogP contribution in [-0.4, -0.2) is 43.2 Å². The molecule has 19 heavy (non-hydrogen) atoms. The number of rotatable bonds is 2. The number of nitrogens with zero attached hydrogens (tertiary/aromatic N) is 1. The van der Waals surface area contributed by atoms with Gasteiger partial charge in [0.25, 0.3) is 5.91 Å². The van der Waals surface area contributed by atoms with Crippen molar-refractivity contribution in [1.82, 2.24) is 10.2 Å². The van der Waals surface area contributed by atoms with Gasteiger partial charge in [0.2, 0.25) is 0 Å². The summed E-state index contributed by atoms with van der Waals surface area (Å²) in [5.74, 6) is 0.519. The van der Waals surface area contributed by atoms with E-state index in [1.165, 1.54) is 18.2 Å². The number of carbonyl (C=O) groups is 1. The van der Waals surface area contributed by atoms with E-state index in [9.17, 15) is 4.79 Å². The van der Waals surface area contributed by atoms with Crippen LogP contribution in [0.2, 0.25) is 0 Å². The van der Waals surface area contributed by atoms with Crippen molar-refractivity contribution < 1.29 is 9.21 Å². The van der Waals surface area contributed by atoms with Gasteiger partial charge in [0.1, 0.15) is 0 Å². The molecule has 1 aromatic heterocycles. The van der Waals surface area contributed by atoms with E-state index in [0.29, 0.717) is 11.2 Å². The lowest BCUT2D eigenvalue weighted by atomic mass is 9.78. The Labute approximate surface area is 117 Å². The summed E-state index contributed by atoms with van der Waals surface area (Å²) in [6.45, 7) is 3.96. The SMILES string of the molecule is CSc1ccc(C(=O)N2CCC3(CCNC3)CC2)o1. The standard InChI is InChI=1S/C14H20N2O2S/c1-19-12-3-2-11(18-12)13(17)16-8-5-14(6-9-16)4-7-15-10-14/h2-3,15H,4-10H2,1H3. The van der Waals surface area contributed by atoms with Crippen LogP contribution in [0.15, 0.2) is 21.6 Å². The minimum Gasteiger partial charge on any atom is -0.445 e. The highest BCUT2D eigenvalue weighted by molar-refractivity contribution is 7.98. The number of thioether (sulfide) groups is 1. The third-order valence-corrected chi connectivity index (χ3v) is 5.06. The van der Waals surface area contributed by atoms with Gasteiger partial charge in [-0.15, -0.1) is 0 Å². The average molecular weight is 280 g/mol. The topological polar surface area (TPSA) is 45.5 Å². The summed E-state index contributed by atoms with van der Waals surface area (Å²) >= 11 is 1.52. The summed E-state index contributed by atoms with van der Waals surface area (Å²) in [7, 11) is 0. The zero-order chi connectivity index (χ0) is 13.3. The molecule has 2 fully saturated rings. The summed E-state index contributed by atoms with van der Waals surface area (Å²) in [5, 5.41) is 4.25. The minimum atomic E-state index is 0.0427. The van der Waals surface area contributed by atoms with Crippen molar-refractivity contribution in [3.63, 3.8) is 0 Å². The highest BCUT2D eigenvalue weighted by Crippen LogP contribution is 2.37.